The van der Waals surface area contributed by atoms with Gasteiger partial charge in [0.25, 0.3) is 0 Å². The molecule has 0 aromatic carbocycles. The molecular weight excluding hydrogens is 352 g/mol. The lowest BCUT2D eigenvalue weighted by Crippen LogP contribution is -2.00. The Morgan fingerprint density at radius 3 is 2.79 bits per heavy atom. The molecule has 0 bridgehead atoms. The molecule has 0 saturated heterocycles. The van der Waals surface area contributed by atoms with E-state index in [9.17, 15) is 18.5 Å². The Bertz CT molecular complexity index is 1040. The zero-order valence-corrected chi connectivity index (χ0v) is 14.5. The van der Waals surface area contributed by atoms with Gasteiger partial charge in [-0.25, -0.2) is 13.4 Å². The van der Waals surface area contributed by atoms with Crippen LogP contribution in [0.25, 0.3) is 5.65 Å². The standard InChI is InChI=1S/C14H14N4O4S2/c1-9-4-3-5-12-16-10(8-17(9)12)7-15-14-11(18(19)20)6-13(23-14)24(2,21)22/h3-6,8,15H,7H2,1-2H3. The van der Waals surface area contributed by atoms with Gasteiger partial charge in [-0.15, -0.1) is 0 Å². The molecule has 0 aliphatic carbocycles. The fourth-order valence-electron chi connectivity index (χ4n) is 2.26. The minimum Gasteiger partial charge on any atom is -0.366 e. The number of anilines is 1. The molecular formula is C14H14N4O4S2. The molecule has 0 aliphatic rings. The van der Waals surface area contributed by atoms with Gasteiger partial charge in [-0.3, -0.25) is 10.1 Å². The summed E-state index contributed by atoms with van der Waals surface area (Å²) in [6.45, 7) is 2.21. The van der Waals surface area contributed by atoms with Crippen molar-refractivity contribution in [2.45, 2.75) is 17.7 Å². The lowest BCUT2D eigenvalue weighted by molar-refractivity contribution is -0.383. The topological polar surface area (TPSA) is 107 Å². The van der Waals surface area contributed by atoms with E-state index in [0.29, 0.717) is 5.69 Å². The molecule has 0 atom stereocenters. The van der Waals surface area contributed by atoms with Crippen LogP contribution in [0, 0.1) is 17.0 Å². The highest BCUT2D eigenvalue weighted by atomic mass is 32.2. The van der Waals surface area contributed by atoms with Crippen LogP contribution in [0.1, 0.15) is 11.4 Å². The molecule has 3 heterocycles. The SMILES string of the molecule is Cc1cccc2nc(CNc3sc(S(C)(=O)=O)cc3[N+](=O)[O-])cn12. The van der Waals surface area contributed by atoms with Crippen LogP contribution in [0.3, 0.4) is 0 Å². The Balaban J connectivity index is 1.89. The molecule has 0 unspecified atom stereocenters. The van der Waals surface area contributed by atoms with E-state index in [2.05, 4.69) is 10.3 Å². The van der Waals surface area contributed by atoms with Crippen molar-refractivity contribution in [2.75, 3.05) is 11.6 Å². The number of nitro groups is 1. The maximum Gasteiger partial charge on any atom is 0.304 e. The summed E-state index contributed by atoms with van der Waals surface area (Å²) in [5.41, 5.74) is 2.25. The van der Waals surface area contributed by atoms with Crippen LogP contribution in [0.2, 0.25) is 0 Å². The van der Waals surface area contributed by atoms with Crippen LogP contribution in [-0.4, -0.2) is 29.0 Å². The van der Waals surface area contributed by atoms with E-state index in [4.69, 9.17) is 0 Å². The molecule has 126 valence electrons. The van der Waals surface area contributed by atoms with Crippen molar-refractivity contribution >= 4 is 37.5 Å². The summed E-state index contributed by atoms with van der Waals surface area (Å²) in [5, 5.41) is 14.2. The average Bonchev–Trinajstić information content (AvgIpc) is 3.09. The van der Waals surface area contributed by atoms with Gasteiger partial charge in [0.1, 0.15) is 9.86 Å². The van der Waals surface area contributed by atoms with Crippen molar-refractivity contribution in [3.05, 3.63) is 52.0 Å². The second-order valence-electron chi connectivity index (χ2n) is 5.29. The summed E-state index contributed by atoms with van der Waals surface area (Å²) in [6, 6.07) is 6.80. The molecule has 1 N–H and O–H groups in total. The Hall–Kier alpha value is -2.46. The van der Waals surface area contributed by atoms with Gasteiger partial charge in [-0.1, -0.05) is 17.4 Å². The molecule has 0 radical (unpaired) electrons. The van der Waals surface area contributed by atoms with E-state index in [-0.39, 0.29) is 21.4 Å². The van der Waals surface area contributed by atoms with Crippen LogP contribution < -0.4 is 5.32 Å². The largest absolute Gasteiger partial charge is 0.366 e. The summed E-state index contributed by atoms with van der Waals surface area (Å²) in [7, 11) is -3.49. The highest BCUT2D eigenvalue weighted by Crippen LogP contribution is 2.37. The maximum atomic E-state index is 11.6. The van der Waals surface area contributed by atoms with E-state index >= 15 is 0 Å². The Kier molecular flexibility index (Phi) is 4.01. The van der Waals surface area contributed by atoms with Gasteiger partial charge >= 0.3 is 5.69 Å². The van der Waals surface area contributed by atoms with Crippen molar-refractivity contribution in [1.29, 1.82) is 0 Å². The van der Waals surface area contributed by atoms with Crippen molar-refractivity contribution in [3.63, 3.8) is 0 Å². The predicted molar refractivity (Wildman–Crippen MR) is 91.3 cm³/mol. The summed E-state index contributed by atoms with van der Waals surface area (Å²) in [5.74, 6) is 0. The predicted octanol–water partition coefficient (Wildman–Crippen LogP) is 2.63. The molecule has 0 spiro atoms. The first-order valence-electron chi connectivity index (χ1n) is 6.91. The van der Waals surface area contributed by atoms with E-state index in [1.807, 2.05) is 35.7 Å². The monoisotopic (exact) mass is 366 g/mol. The Morgan fingerprint density at radius 2 is 2.17 bits per heavy atom. The van der Waals surface area contributed by atoms with Crippen LogP contribution in [0.5, 0.6) is 0 Å². The Labute approximate surface area is 141 Å². The molecule has 0 amide bonds. The lowest BCUT2D eigenvalue weighted by atomic mass is 10.4. The summed E-state index contributed by atoms with van der Waals surface area (Å²) in [6.07, 6.45) is 2.87. The number of hydrogen-bond acceptors (Lipinski definition) is 7. The minimum atomic E-state index is -3.49. The average molecular weight is 366 g/mol. The zero-order valence-electron chi connectivity index (χ0n) is 12.9. The number of sulfone groups is 1. The van der Waals surface area contributed by atoms with Gasteiger partial charge in [0, 0.05) is 24.2 Å². The van der Waals surface area contributed by atoms with Crippen LogP contribution >= 0.6 is 11.3 Å². The second-order valence-corrected chi connectivity index (χ2v) is 8.59. The van der Waals surface area contributed by atoms with Gasteiger partial charge < -0.3 is 9.72 Å². The number of nitrogens with zero attached hydrogens (tertiary/aromatic N) is 3. The van der Waals surface area contributed by atoms with E-state index < -0.39 is 14.8 Å². The quantitative estimate of drug-likeness (QED) is 0.549. The molecule has 10 heteroatoms. The van der Waals surface area contributed by atoms with E-state index in [1.165, 1.54) is 0 Å². The molecule has 8 nitrogen and oxygen atoms in total. The lowest BCUT2D eigenvalue weighted by Gasteiger charge is -2.00. The smallest absolute Gasteiger partial charge is 0.304 e. The third-order valence-electron chi connectivity index (χ3n) is 3.43. The van der Waals surface area contributed by atoms with E-state index in [1.54, 1.807) is 0 Å². The summed E-state index contributed by atoms with van der Waals surface area (Å²) in [4.78, 5) is 15.0. The normalized spacial score (nSPS) is 11.8. The number of thiophene rings is 1. The van der Waals surface area contributed by atoms with Gasteiger partial charge in [-0.2, -0.15) is 0 Å². The fraction of sp³-hybridized carbons (Fsp3) is 0.214. The number of fused-ring (bicyclic) bond motifs is 1. The molecule has 0 aliphatic heterocycles. The summed E-state index contributed by atoms with van der Waals surface area (Å²) >= 11 is 0.849. The first-order valence-corrected chi connectivity index (χ1v) is 9.62. The van der Waals surface area contributed by atoms with Crippen LogP contribution in [0.15, 0.2) is 34.7 Å². The third kappa shape index (κ3) is 3.10. The van der Waals surface area contributed by atoms with Gasteiger partial charge in [0.05, 0.1) is 17.2 Å². The second kappa shape index (κ2) is 5.87. The van der Waals surface area contributed by atoms with Crippen LogP contribution in [0.4, 0.5) is 10.7 Å². The molecule has 3 rings (SSSR count). The molecule has 24 heavy (non-hydrogen) atoms. The highest BCUT2D eigenvalue weighted by molar-refractivity contribution is 7.92. The number of aromatic nitrogens is 2. The number of nitrogens with one attached hydrogen (secondary N) is 1. The first kappa shape index (κ1) is 16.4. The number of imidazole rings is 1. The van der Waals surface area contributed by atoms with Crippen molar-refractivity contribution < 1.29 is 13.3 Å². The van der Waals surface area contributed by atoms with Gasteiger partial charge in [0.15, 0.2) is 14.8 Å². The zero-order chi connectivity index (χ0) is 17.5. The Morgan fingerprint density at radius 1 is 1.42 bits per heavy atom. The van der Waals surface area contributed by atoms with Crippen molar-refractivity contribution in [2.24, 2.45) is 0 Å². The number of pyridine rings is 1. The van der Waals surface area contributed by atoms with Crippen LogP contribution in [-0.2, 0) is 16.4 Å². The fourth-order valence-corrected chi connectivity index (χ4v) is 4.19. The van der Waals surface area contributed by atoms with Crippen molar-refractivity contribution in [3.8, 4) is 0 Å². The highest BCUT2D eigenvalue weighted by Gasteiger charge is 2.23. The number of rotatable bonds is 5. The van der Waals surface area contributed by atoms with Gasteiger partial charge in [-0.05, 0) is 19.1 Å². The first-order chi connectivity index (χ1) is 11.3. The molecule has 0 fully saturated rings. The van der Waals surface area contributed by atoms with Gasteiger partial charge in [0.2, 0.25) is 0 Å². The maximum absolute atomic E-state index is 11.6. The summed E-state index contributed by atoms with van der Waals surface area (Å²) < 4.78 is 25.1. The number of hydrogen-bond donors (Lipinski definition) is 1. The minimum absolute atomic E-state index is 0.0393. The molecule has 0 saturated carbocycles. The van der Waals surface area contributed by atoms with Crippen molar-refractivity contribution in [1.82, 2.24) is 9.38 Å². The third-order valence-corrected chi connectivity index (χ3v) is 6.31. The molecule has 3 aromatic rings. The number of aryl methyl sites for hydroxylation is 1. The van der Waals surface area contributed by atoms with E-state index in [0.717, 1.165) is 35.0 Å². The molecule has 3 aromatic heterocycles.